The van der Waals surface area contributed by atoms with Crippen molar-refractivity contribution in [1.29, 1.82) is 0 Å². The van der Waals surface area contributed by atoms with Gasteiger partial charge in [0.15, 0.2) is 5.78 Å². The second-order valence-electron chi connectivity index (χ2n) is 3.49. The van der Waals surface area contributed by atoms with Crippen LogP contribution in [0.5, 0.6) is 5.75 Å². The Morgan fingerprint density at radius 3 is 3.00 bits per heavy atom. The maximum atomic E-state index is 11.3. The number of hydrogen-bond acceptors (Lipinski definition) is 2. The monoisotopic (exact) mass is 176 g/mol. The molecule has 0 bridgehead atoms. The van der Waals surface area contributed by atoms with Crippen molar-refractivity contribution in [3.8, 4) is 5.75 Å². The Labute approximate surface area is 77.5 Å². The molecular formula is C11H12O2. The third-order valence-electron chi connectivity index (χ3n) is 2.43. The van der Waals surface area contributed by atoms with E-state index in [4.69, 9.17) is 4.74 Å². The Morgan fingerprint density at radius 1 is 1.54 bits per heavy atom. The van der Waals surface area contributed by atoms with Gasteiger partial charge < -0.3 is 4.74 Å². The van der Waals surface area contributed by atoms with Crippen molar-refractivity contribution in [2.24, 2.45) is 0 Å². The Hall–Kier alpha value is -1.31. The average molecular weight is 176 g/mol. The summed E-state index contributed by atoms with van der Waals surface area (Å²) in [7, 11) is 0. The van der Waals surface area contributed by atoms with E-state index in [1.807, 2.05) is 18.2 Å². The van der Waals surface area contributed by atoms with Crippen molar-refractivity contribution in [2.75, 3.05) is 6.61 Å². The van der Waals surface area contributed by atoms with Crippen LogP contribution in [-0.2, 0) is 0 Å². The molecule has 1 aliphatic rings. The molecule has 13 heavy (non-hydrogen) atoms. The molecule has 0 amide bonds. The lowest BCUT2D eigenvalue weighted by Crippen LogP contribution is -2.00. The molecule has 1 aliphatic heterocycles. The third-order valence-corrected chi connectivity index (χ3v) is 2.43. The van der Waals surface area contributed by atoms with Crippen LogP contribution < -0.4 is 4.74 Å². The van der Waals surface area contributed by atoms with Crippen molar-refractivity contribution < 1.29 is 9.53 Å². The lowest BCUT2D eigenvalue weighted by molar-refractivity contribution is 0.101. The maximum absolute atomic E-state index is 11.3. The molecular weight excluding hydrogens is 164 g/mol. The molecule has 1 aromatic carbocycles. The first-order valence-corrected chi connectivity index (χ1v) is 4.47. The van der Waals surface area contributed by atoms with E-state index in [1.54, 1.807) is 6.92 Å². The minimum Gasteiger partial charge on any atom is -0.493 e. The van der Waals surface area contributed by atoms with E-state index in [-0.39, 0.29) is 5.78 Å². The van der Waals surface area contributed by atoms with E-state index in [1.165, 1.54) is 0 Å². The molecule has 0 radical (unpaired) electrons. The zero-order chi connectivity index (χ0) is 9.42. The molecule has 0 saturated heterocycles. The molecule has 2 nitrogen and oxygen atoms in total. The van der Waals surface area contributed by atoms with Gasteiger partial charge in [-0.2, -0.15) is 0 Å². The van der Waals surface area contributed by atoms with Gasteiger partial charge in [-0.05, 0) is 13.0 Å². The van der Waals surface area contributed by atoms with Crippen molar-refractivity contribution in [2.45, 2.75) is 19.8 Å². The molecule has 68 valence electrons. The first-order valence-electron chi connectivity index (χ1n) is 4.47. The smallest absolute Gasteiger partial charge is 0.160 e. The van der Waals surface area contributed by atoms with Crippen LogP contribution in [0.4, 0.5) is 0 Å². The normalized spacial score (nSPS) is 19.4. The van der Waals surface area contributed by atoms with Gasteiger partial charge in [-0.1, -0.05) is 19.1 Å². The van der Waals surface area contributed by atoms with Crippen LogP contribution in [0.3, 0.4) is 0 Å². The lowest BCUT2D eigenvalue weighted by atomic mass is 9.95. The van der Waals surface area contributed by atoms with Gasteiger partial charge in [-0.3, -0.25) is 4.79 Å². The lowest BCUT2D eigenvalue weighted by Gasteiger charge is -2.05. The summed E-state index contributed by atoms with van der Waals surface area (Å²) in [6.45, 7) is 4.37. The van der Waals surface area contributed by atoms with Gasteiger partial charge in [0.1, 0.15) is 5.75 Å². The van der Waals surface area contributed by atoms with E-state index in [9.17, 15) is 4.79 Å². The van der Waals surface area contributed by atoms with Crippen molar-refractivity contribution in [3.05, 3.63) is 29.3 Å². The predicted octanol–water partition coefficient (Wildman–Crippen LogP) is 2.39. The Morgan fingerprint density at radius 2 is 2.31 bits per heavy atom. The number of carbonyl (C=O) groups is 1. The van der Waals surface area contributed by atoms with Crippen LogP contribution >= 0.6 is 0 Å². The first kappa shape index (κ1) is 8.30. The molecule has 1 unspecified atom stereocenters. The number of ether oxygens (including phenoxy) is 1. The number of hydrogen-bond donors (Lipinski definition) is 0. The van der Waals surface area contributed by atoms with Crippen LogP contribution in [0.25, 0.3) is 0 Å². The van der Waals surface area contributed by atoms with Crippen LogP contribution in [0.15, 0.2) is 18.2 Å². The molecule has 0 saturated carbocycles. The molecule has 0 fully saturated rings. The molecule has 2 heteroatoms. The van der Waals surface area contributed by atoms with Crippen LogP contribution in [0.2, 0.25) is 0 Å². The summed E-state index contributed by atoms with van der Waals surface area (Å²) < 4.78 is 5.45. The van der Waals surface area contributed by atoms with Crippen molar-refractivity contribution >= 4 is 5.78 Å². The molecule has 1 aromatic rings. The minimum absolute atomic E-state index is 0.120. The standard InChI is InChI=1S/C11H12O2/c1-7-6-13-10-5-3-4-9(8(2)12)11(7)10/h3-5,7H,6H2,1-2H3. The quantitative estimate of drug-likeness (QED) is 0.614. The van der Waals surface area contributed by atoms with E-state index < -0.39 is 0 Å². The molecule has 1 heterocycles. The van der Waals surface area contributed by atoms with Crippen LogP contribution in [-0.4, -0.2) is 12.4 Å². The minimum atomic E-state index is 0.120. The summed E-state index contributed by atoms with van der Waals surface area (Å²) in [5.74, 6) is 1.34. The highest BCUT2D eigenvalue weighted by molar-refractivity contribution is 5.96. The Balaban J connectivity index is 2.60. The van der Waals surface area contributed by atoms with E-state index in [0.717, 1.165) is 16.9 Å². The molecule has 0 aliphatic carbocycles. The van der Waals surface area contributed by atoms with Crippen molar-refractivity contribution in [1.82, 2.24) is 0 Å². The summed E-state index contributed by atoms with van der Waals surface area (Å²) in [6, 6.07) is 5.66. The number of Topliss-reactive ketones (excluding diaryl/α,β-unsaturated/α-hetero) is 1. The fourth-order valence-electron chi connectivity index (χ4n) is 1.78. The van der Waals surface area contributed by atoms with Crippen molar-refractivity contribution in [3.63, 3.8) is 0 Å². The van der Waals surface area contributed by atoms with Crippen LogP contribution in [0, 0.1) is 0 Å². The molecule has 1 atom stereocenters. The predicted molar refractivity (Wildman–Crippen MR) is 50.4 cm³/mol. The number of carbonyl (C=O) groups excluding carboxylic acids is 1. The molecule has 0 N–H and O–H groups in total. The second kappa shape index (κ2) is 2.87. The molecule has 2 rings (SSSR count). The van der Waals surface area contributed by atoms with Gasteiger partial charge >= 0.3 is 0 Å². The maximum Gasteiger partial charge on any atom is 0.160 e. The fourth-order valence-corrected chi connectivity index (χ4v) is 1.78. The number of ketones is 1. The molecule has 0 aromatic heterocycles. The van der Waals surface area contributed by atoms with E-state index >= 15 is 0 Å². The van der Waals surface area contributed by atoms with Gasteiger partial charge in [0.2, 0.25) is 0 Å². The number of benzene rings is 1. The third kappa shape index (κ3) is 1.22. The summed E-state index contributed by atoms with van der Waals surface area (Å²) in [5, 5.41) is 0. The Bertz CT molecular complexity index is 355. The van der Waals surface area contributed by atoms with Gasteiger partial charge in [-0.15, -0.1) is 0 Å². The van der Waals surface area contributed by atoms with Gasteiger partial charge in [0.25, 0.3) is 0 Å². The van der Waals surface area contributed by atoms with Gasteiger partial charge in [0, 0.05) is 17.0 Å². The average Bonchev–Trinajstić information content (AvgIpc) is 2.48. The highest BCUT2D eigenvalue weighted by Crippen LogP contribution is 2.36. The van der Waals surface area contributed by atoms with Gasteiger partial charge in [0.05, 0.1) is 6.61 Å². The van der Waals surface area contributed by atoms with E-state index in [2.05, 4.69) is 6.92 Å². The zero-order valence-electron chi connectivity index (χ0n) is 7.83. The highest BCUT2D eigenvalue weighted by Gasteiger charge is 2.24. The summed E-state index contributed by atoms with van der Waals surface area (Å²) in [6.07, 6.45) is 0. The van der Waals surface area contributed by atoms with Gasteiger partial charge in [-0.25, -0.2) is 0 Å². The highest BCUT2D eigenvalue weighted by atomic mass is 16.5. The first-order chi connectivity index (χ1) is 6.20. The summed E-state index contributed by atoms with van der Waals surface area (Å²) in [4.78, 5) is 11.3. The zero-order valence-corrected chi connectivity index (χ0v) is 7.83. The second-order valence-corrected chi connectivity index (χ2v) is 3.49. The number of rotatable bonds is 1. The topological polar surface area (TPSA) is 26.3 Å². The molecule has 0 spiro atoms. The summed E-state index contributed by atoms with van der Waals surface area (Å²) in [5.41, 5.74) is 1.89. The number of fused-ring (bicyclic) bond motifs is 1. The van der Waals surface area contributed by atoms with Crippen LogP contribution in [0.1, 0.15) is 35.7 Å². The fraction of sp³-hybridized carbons (Fsp3) is 0.364. The van der Waals surface area contributed by atoms with E-state index in [0.29, 0.717) is 12.5 Å². The Kier molecular flexibility index (Phi) is 1.83. The largest absolute Gasteiger partial charge is 0.493 e. The summed E-state index contributed by atoms with van der Waals surface area (Å²) >= 11 is 0. The SMILES string of the molecule is CC(=O)c1cccc2c1C(C)CO2.